The fourth-order valence-corrected chi connectivity index (χ4v) is 3.78. The molecular formula is C13H19N3O2S. The minimum absolute atomic E-state index is 0.256. The maximum Gasteiger partial charge on any atom is 0.323 e. The monoisotopic (exact) mass is 281 g/mol. The summed E-state index contributed by atoms with van der Waals surface area (Å²) in [6.07, 6.45) is 6.69. The van der Waals surface area contributed by atoms with Crippen LogP contribution < -0.4 is 5.32 Å². The Kier molecular flexibility index (Phi) is 4.76. The van der Waals surface area contributed by atoms with E-state index < -0.39 is 11.5 Å². The number of carboxylic acid groups (broad SMARTS) is 1. The number of likely N-dealkylation sites (N-methyl/N-ethyl adjacent to an activating group) is 1. The largest absolute Gasteiger partial charge is 0.480 e. The molecule has 1 fully saturated rings. The van der Waals surface area contributed by atoms with Gasteiger partial charge in [-0.2, -0.15) is 0 Å². The first kappa shape index (κ1) is 14.3. The lowest BCUT2D eigenvalue weighted by Crippen LogP contribution is -2.55. The molecule has 0 spiro atoms. The van der Waals surface area contributed by atoms with Crippen LogP contribution >= 0.6 is 11.8 Å². The highest BCUT2D eigenvalue weighted by Gasteiger charge is 2.42. The van der Waals surface area contributed by atoms with E-state index in [0.717, 1.165) is 18.0 Å². The Morgan fingerprint density at radius 1 is 1.58 bits per heavy atom. The SMILES string of the molecule is CCNC1(C(=O)O)CCCC(Sc2ncccn2)C1. The Balaban J connectivity index is 2.05. The molecule has 1 aromatic rings. The van der Waals surface area contributed by atoms with Crippen molar-refractivity contribution in [2.24, 2.45) is 0 Å². The molecular weight excluding hydrogens is 262 g/mol. The van der Waals surface area contributed by atoms with Crippen molar-refractivity contribution in [1.82, 2.24) is 15.3 Å². The summed E-state index contributed by atoms with van der Waals surface area (Å²) in [4.78, 5) is 20.0. The average molecular weight is 281 g/mol. The average Bonchev–Trinajstić information content (AvgIpc) is 2.40. The number of nitrogens with zero attached hydrogens (tertiary/aromatic N) is 2. The fraction of sp³-hybridized carbons (Fsp3) is 0.615. The number of aliphatic carboxylic acids is 1. The summed E-state index contributed by atoms with van der Waals surface area (Å²) in [6.45, 7) is 2.62. The smallest absolute Gasteiger partial charge is 0.323 e. The predicted molar refractivity (Wildman–Crippen MR) is 74.2 cm³/mol. The van der Waals surface area contributed by atoms with Crippen LogP contribution in [0.15, 0.2) is 23.6 Å². The second kappa shape index (κ2) is 6.34. The number of thioether (sulfide) groups is 1. The van der Waals surface area contributed by atoms with Crippen LogP contribution in [-0.4, -0.2) is 38.4 Å². The molecule has 2 rings (SSSR count). The van der Waals surface area contributed by atoms with Gasteiger partial charge in [-0.05, 0) is 38.3 Å². The van der Waals surface area contributed by atoms with Crippen LogP contribution in [0.3, 0.4) is 0 Å². The van der Waals surface area contributed by atoms with Crippen LogP contribution in [0.1, 0.15) is 32.6 Å². The number of carbonyl (C=O) groups is 1. The quantitative estimate of drug-likeness (QED) is 0.803. The van der Waals surface area contributed by atoms with Crippen molar-refractivity contribution in [3.63, 3.8) is 0 Å². The van der Waals surface area contributed by atoms with E-state index in [1.807, 2.05) is 6.92 Å². The maximum absolute atomic E-state index is 11.6. The lowest BCUT2D eigenvalue weighted by atomic mass is 9.81. The minimum Gasteiger partial charge on any atom is -0.480 e. The van der Waals surface area contributed by atoms with Crippen molar-refractivity contribution in [3.8, 4) is 0 Å². The summed E-state index contributed by atoms with van der Waals surface area (Å²) in [5, 5.41) is 13.6. The number of aromatic nitrogens is 2. The van der Waals surface area contributed by atoms with E-state index in [4.69, 9.17) is 0 Å². The third kappa shape index (κ3) is 3.45. The Morgan fingerprint density at radius 3 is 2.95 bits per heavy atom. The number of rotatable bonds is 5. The Labute approximate surface area is 117 Å². The Hall–Kier alpha value is -1.14. The van der Waals surface area contributed by atoms with E-state index in [-0.39, 0.29) is 5.25 Å². The molecule has 2 atom stereocenters. The first-order chi connectivity index (χ1) is 9.16. The van der Waals surface area contributed by atoms with Gasteiger partial charge in [-0.3, -0.25) is 4.79 Å². The van der Waals surface area contributed by atoms with Gasteiger partial charge in [0.25, 0.3) is 0 Å². The molecule has 1 aromatic heterocycles. The van der Waals surface area contributed by atoms with Crippen LogP contribution in [-0.2, 0) is 4.79 Å². The molecule has 1 saturated carbocycles. The third-order valence-corrected chi connectivity index (χ3v) is 4.60. The third-order valence-electron chi connectivity index (χ3n) is 3.44. The molecule has 2 unspecified atom stereocenters. The molecule has 1 heterocycles. The van der Waals surface area contributed by atoms with Gasteiger partial charge in [0.15, 0.2) is 5.16 Å². The Bertz CT molecular complexity index is 425. The molecule has 1 aliphatic rings. The molecule has 104 valence electrons. The molecule has 0 saturated heterocycles. The predicted octanol–water partition coefficient (Wildman–Crippen LogP) is 1.94. The second-order valence-electron chi connectivity index (χ2n) is 4.79. The molecule has 0 aliphatic heterocycles. The summed E-state index contributed by atoms with van der Waals surface area (Å²) in [7, 11) is 0. The summed E-state index contributed by atoms with van der Waals surface area (Å²) in [6, 6.07) is 1.78. The molecule has 1 aliphatic carbocycles. The Morgan fingerprint density at radius 2 is 2.32 bits per heavy atom. The lowest BCUT2D eigenvalue weighted by Gasteiger charge is -2.37. The van der Waals surface area contributed by atoms with E-state index in [9.17, 15) is 9.90 Å². The lowest BCUT2D eigenvalue weighted by molar-refractivity contribution is -0.146. The number of hydrogen-bond donors (Lipinski definition) is 2. The van der Waals surface area contributed by atoms with Gasteiger partial charge >= 0.3 is 5.97 Å². The van der Waals surface area contributed by atoms with Crippen molar-refractivity contribution >= 4 is 17.7 Å². The molecule has 0 bridgehead atoms. The van der Waals surface area contributed by atoms with Gasteiger partial charge in [0, 0.05) is 17.6 Å². The first-order valence-electron chi connectivity index (χ1n) is 6.58. The molecule has 2 N–H and O–H groups in total. The van der Waals surface area contributed by atoms with Crippen LogP contribution in [0, 0.1) is 0 Å². The summed E-state index contributed by atoms with van der Waals surface area (Å²) < 4.78 is 0. The van der Waals surface area contributed by atoms with Crippen molar-refractivity contribution in [2.75, 3.05) is 6.54 Å². The highest BCUT2D eigenvalue weighted by Crippen LogP contribution is 2.37. The zero-order valence-corrected chi connectivity index (χ0v) is 11.8. The van der Waals surface area contributed by atoms with Gasteiger partial charge in [0.1, 0.15) is 5.54 Å². The van der Waals surface area contributed by atoms with Crippen LogP contribution in [0.4, 0.5) is 0 Å². The van der Waals surface area contributed by atoms with Crippen LogP contribution in [0.5, 0.6) is 0 Å². The fourth-order valence-electron chi connectivity index (χ4n) is 2.59. The molecule has 5 nitrogen and oxygen atoms in total. The highest BCUT2D eigenvalue weighted by atomic mass is 32.2. The topological polar surface area (TPSA) is 75.1 Å². The van der Waals surface area contributed by atoms with Gasteiger partial charge in [0.2, 0.25) is 0 Å². The molecule has 0 aromatic carbocycles. The maximum atomic E-state index is 11.6. The van der Waals surface area contributed by atoms with Crippen molar-refractivity contribution in [1.29, 1.82) is 0 Å². The van der Waals surface area contributed by atoms with Gasteiger partial charge in [-0.15, -0.1) is 0 Å². The number of carboxylic acids is 1. The zero-order valence-electron chi connectivity index (χ0n) is 11.0. The minimum atomic E-state index is -0.778. The normalized spacial score (nSPS) is 27.1. The summed E-state index contributed by atoms with van der Waals surface area (Å²) in [5.74, 6) is -0.742. The van der Waals surface area contributed by atoms with Gasteiger partial charge in [0.05, 0.1) is 0 Å². The van der Waals surface area contributed by atoms with Gasteiger partial charge < -0.3 is 10.4 Å². The summed E-state index contributed by atoms with van der Waals surface area (Å²) in [5.41, 5.74) is -0.778. The van der Waals surface area contributed by atoms with Crippen molar-refractivity contribution in [3.05, 3.63) is 18.5 Å². The molecule has 0 amide bonds. The van der Waals surface area contributed by atoms with E-state index in [2.05, 4.69) is 15.3 Å². The summed E-state index contributed by atoms with van der Waals surface area (Å²) >= 11 is 1.58. The van der Waals surface area contributed by atoms with Gasteiger partial charge in [-0.1, -0.05) is 18.7 Å². The van der Waals surface area contributed by atoms with Crippen LogP contribution in [0.25, 0.3) is 0 Å². The zero-order chi connectivity index (χ0) is 13.7. The number of nitrogens with one attached hydrogen (secondary N) is 1. The standard InChI is InChI=1S/C13H19N3O2S/c1-2-16-13(11(17)18)6-3-5-10(9-13)19-12-14-7-4-8-15-12/h4,7-8,10,16H,2-3,5-6,9H2,1H3,(H,17,18). The first-order valence-corrected chi connectivity index (χ1v) is 7.46. The van der Waals surface area contributed by atoms with E-state index in [0.29, 0.717) is 19.4 Å². The second-order valence-corrected chi connectivity index (χ2v) is 6.05. The van der Waals surface area contributed by atoms with Crippen molar-refractivity contribution in [2.45, 2.75) is 48.6 Å². The van der Waals surface area contributed by atoms with E-state index >= 15 is 0 Å². The molecule has 6 heteroatoms. The van der Waals surface area contributed by atoms with Gasteiger partial charge in [-0.25, -0.2) is 9.97 Å². The number of hydrogen-bond acceptors (Lipinski definition) is 5. The van der Waals surface area contributed by atoms with E-state index in [1.165, 1.54) is 0 Å². The van der Waals surface area contributed by atoms with Crippen molar-refractivity contribution < 1.29 is 9.90 Å². The van der Waals surface area contributed by atoms with E-state index in [1.54, 1.807) is 30.2 Å². The highest BCUT2D eigenvalue weighted by molar-refractivity contribution is 7.99. The molecule has 19 heavy (non-hydrogen) atoms. The molecule has 0 radical (unpaired) electrons. The van der Waals surface area contributed by atoms with Crippen LogP contribution in [0.2, 0.25) is 0 Å².